The second-order valence-corrected chi connectivity index (χ2v) is 8.68. The number of amides is 2. The highest BCUT2D eigenvalue weighted by molar-refractivity contribution is 6.04. The van der Waals surface area contributed by atoms with E-state index in [0.29, 0.717) is 23.4 Å². The molecule has 0 radical (unpaired) electrons. The molecule has 3 aromatic rings. The first-order chi connectivity index (χ1) is 16.2. The van der Waals surface area contributed by atoms with Gasteiger partial charge in [0.2, 0.25) is 0 Å². The second-order valence-electron chi connectivity index (χ2n) is 8.68. The number of carbonyl (C=O) groups is 2. The van der Waals surface area contributed by atoms with Crippen molar-refractivity contribution in [2.24, 2.45) is 0 Å². The molecule has 176 valence electrons. The van der Waals surface area contributed by atoms with Gasteiger partial charge in [0, 0.05) is 47.2 Å². The van der Waals surface area contributed by atoms with Crippen LogP contribution in [-0.4, -0.2) is 41.4 Å². The molecule has 2 amide bonds. The number of H-pyrrole nitrogens is 1. The number of aromatic amines is 1. The van der Waals surface area contributed by atoms with Crippen LogP contribution in [0.25, 0.3) is 11.3 Å². The first-order valence-electron chi connectivity index (χ1n) is 10.9. The Morgan fingerprint density at radius 3 is 2.74 bits per heavy atom. The summed E-state index contributed by atoms with van der Waals surface area (Å²) >= 11 is 0. The lowest BCUT2D eigenvalue weighted by molar-refractivity contribution is -0.137. The van der Waals surface area contributed by atoms with Crippen LogP contribution in [0.2, 0.25) is 0 Å². The summed E-state index contributed by atoms with van der Waals surface area (Å²) in [5.74, 6) is -0.653. The molecule has 2 aliphatic heterocycles. The first kappa shape index (κ1) is 22.1. The van der Waals surface area contributed by atoms with Crippen LogP contribution in [0.15, 0.2) is 48.7 Å². The molecule has 34 heavy (non-hydrogen) atoms. The number of fused-ring (bicyclic) bond motifs is 2. The van der Waals surface area contributed by atoms with Crippen molar-refractivity contribution in [2.45, 2.75) is 24.4 Å². The maximum Gasteiger partial charge on any atom is 0.416 e. The van der Waals surface area contributed by atoms with E-state index in [4.69, 9.17) is 0 Å². The van der Waals surface area contributed by atoms with Gasteiger partial charge in [0.1, 0.15) is 5.82 Å². The zero-order valence-corrected chi connectivity index (χ0v) is 18.1. The Morgan fingerprint density at radius 1 is 1.12 bits per heavy atom. The number of halogens is 3. The van der Waals surface area contributed by atoms with E-state index < -0.39 is 17.6 Å². The van der Waals surface area contributed by atoms with E-state index in [0.717, 1.165) is 43.8 Å². The Kier molecular flexibility index (Phi) is 5.40. The fourth-order valence-corrected chi connectivity index (χ4v) is 4.66. The Bertz CT molecular complexity index is 1260. The third-order valence-corrected chi connectivity index (χ3v) is 6.42. The molecule has 0 saturated carbocycles. The largest absolute Gasteiger partial charge is 0.416 e. The number of hydrogen-bond donors (Lipinski definition) is 4. The first-order valence-corrected chi connectivity index (χ1v) is 10.9. The van der Waals surface area contributed by atoms with Crippen molar-refractivity contribution < 1.29 is 22.8 Å². The number of hydrogen-bond acceptors (Lipinski definition) is 4. The molecule has 2 aliphatic rings. The summed E-state index contributed by atoms with van der Waals surface area (Å²) in [7, 11) is 0. The number of nitrogens with one attached hydrogen (secondary N) is 4. The molecule has 4 heterocycles. The quantitative estimate of drug-likeness (QED) is 0.470. The average Bonchev–Trinajstić information content (AvgIpc) is 3.30. The van der Waals surface area contributed by atoms with Crippen LogP contribution in [0.5, 0.6) is 0 Å². The SMILES string of the molecule is O=C(Nc1cc(-c2cc3c([nH]2)C2(CCCNC2)CNC3=O)ccn1)c1cccc(C(F)(F)F)c1. The summed E-state index contributed by atoms with van der Waals surface area (Å²) in [5, 5.41) is 8.95. The number of nitrogens with zero attached hydrogens (tertiary/aromatic N) is 1. The van der Waals surface area contributed by atoms with Gasteiger partial charge in [-0.25, -0.2) is 4.98 Å². The zero-order valence-electron chi connectivity index (χ0n) is 18.1. The molecular formula is C24H22F3N5O2. The minimum absolute atomic E-state index is 0.124. The van der Waals surface area contributed by atoms with E-state index in [1.165, 1.54) is 18.3 Å². The van der Waals surface area contributed by atoms with Crippen LogP contribution in [0.1, 0.15) is 44.8 Å². The minimum Gasteiger partial charge on any atom is -0.357 e. The van der Waals surface area contributed by atoms with Crippen LogP contribution in [0, 0.1) is 0 Å². The average molecular weight is 469 g/mol. The number of piperidine rings is 1. The number of benzene rings is 1. The summed E-state index contributed by atoms with van der Waals surface area (Å²) < 4.78 is 38.9. The third kappa shape index (κ3) is 4.05. The van der Waals surface area contributed by atoms with E-state index in [9.17, 15) is 22.8 Å². The molecule has 1 aromatic carbocycles. The highest BCUT2D eigenvalue weighted by atomic mass is 19.4. The number of pyridine rings is 1. The Labute approximate surface area is 193 Å². The van der Waals surface area contributed by atoms with Gasteiger partial charge in [0.05, 0.1) is 11.1 Å². The highest BCUT2D eigenvalue weighted by Crippen LogP contribution is 2.37. The van der Waals surface area contributed by atoms with Gasteiger partial charge in [0.15, 0.2) is 0 Å². The zero-order chi connectivity index (χ0) is 23.9. The van der Waals surface area contributed by atoms with Crippen LogP contribution >= 0.6 is 0 Å². The molecule has 2 aromatic heterocycles. The summed E-state index contributed by atoms with van der Waals surface area (Å²) in [6.07, 6.45) is -1.10. The normalized spacial score (nSPS) is 20.0. The van der Waals surface area contributed by atoms with Crippen molar-refractivity contribution in [1.29, 1.82) is 0 Å². The number of carbonyl (C=O) groups excluding carboxylic acids is 2. The molecule has 0 aliphatic carbocycles. The van der Waals surface area contributed by atoms with Crippen molar-refractivity contribution in [3.8, 4) is 11.3 Å². The van der Waals surface area contributed by atoms with Gasteiger partial charge in [-0.1, -0.05) is 6.07 Å². The van der Waals surface area contributed by atoms with E-state index >= 15 is 0 Å². The summed E-state index contributed by atoms with van der Waals surface area (Å²) in [6, 6.07) is 9.35. The van der Waals surface area contributed by atoms with Crippen LogP contribution < -0.4 is 16.0 Å². The number of aromatic nitrogens is 2. The Hall–Kier alpha value is -3.66. The molecule has 7 nitrogen and oxygen atoms in total. The summed E-state index contributed by atoms with van der Waals surface area (Å²) in [4.78, 5) is 32.6. The molecule has 1 spiro atoms. The number of rotatable bonds is 3. The lowest BCUT2D eigenvalue weighted by atomic mass is 9.74. The van der Waals surface area contributed by atoms with Gasteiger partial charge in [-0.15, -0.1) is 0 Å². The van der Waals surface area contributed by atoms with Crippen molar-refractivity contribution in [2.75, 3.05) is 25.0 Å². The van der Waals surface area contributed by atoms with E-state index in [1.807, 2.05) is 0 Å². The third-order valence-electron chi connectivity index (χ3n) is 6.42. The molecule has 1 fully saturated rings. The van der Waals surface area contributed by atoms with Gasteiger partial charge >= 0.3 is 6.18 Å². The van der Waals surface area contributed by atoms with Gasteiger partial charge in [-0.3, -0.25) is 9.59 Å². The smallest absolute Gasteiger partial charge is 0.357 e. The summed E-state index contributed by atoms with van der Waals surface area (Å²) in [6.45, 7) is 2.26. The molecule has 0 bridgehead atoms. The molecule has 5 rings (SSSR count). The number of anilines is 1. The molecular weight excluding hydrogens is 447 g/mol. The van der Waals surface area contributed by atoms with Crippen molar-refractivity contribution in [3.05, 3.63) is 71.0 Å². The molecule has 1 saturated heterocycles. The van der Waals surface area contributed by atoms with Crippen LogP contribution in [-0.2, 0) is 11.6 Å². The van der Waals surface area contributed by atoms with Gasteiger partial charge in [-0.05, 0) is 55.8 Å². The minimum atomic E-state index is -4.54. The Morgan fingerprint density at radius 2 is 1.97 bits per heavy atom. The predicted molar refractivity (Wildman–Crippen MR) is 120 cm³/mol. The highest BCUT2D eigenvalue weighted by Gasteiger charge is 2.42. The predicted octanol–water partition coefficient (Wildman–Crippen LogP) is 3.71. The van der Waals surface area contributed by atoms with Gasteiger partial charge in [-0.2, -0.15) is 13.2 Å². The van der Waals surface area contributed by atoms with E-state index in [1.54, 1.807) is 18.2 Å². The van der Waals surface area contributed by atoms with Crippen LogP contribution in [0.4, 0.5) is 19.0 Å². The topological polar surface area (TPSA) is 98.9 Å². The fraction of sp³-hybridized carbons (Fsp3) is 0.292. The van der Waals surface area contributed by atoms with E-state index in [-0.39, 0.29) is 22.7 Å². The van der Waals surface area contributed by atoms with Crippen molar-refractivity contribution >= 4 is 17.6 Å². The summed E-state index contributed by atoms with van der Waals surface area (Å²) in [5.41, 5.74) is 1.65. The molecule has 1 atom stereocenters. The van der Waals surface area contributed by atoms with Crippen LogP contribution in [0.3, 0.4) is 0 Å². The lowest BCUT2D eigenvalue weighted by Gasteiger charge is -2.40. The maximum atomic E-state index is 13.0. The van der Waals surface area contributed by atoms with E-state index in [2.05, 4.69) is 25.9 Å². The fourth-order valence-electron chi connectivity index (χ4n) is 4.66. The van der Waals surface area contributed by atoms with Crippen molar-refractivity contribution in [3.63, 3.8) is 0 Å². The van der Waals surface area contributed by atoms with Gasteiger partial charge in [0.25, 0.3) is 11.8 Å². The Balaban J connectivity index is 1.42. The lowest BCUT2D eigenvalue weighted by Crippen LogP contribution is -2.54. The molecule has 4 N–H and O–H groups in total. The molecule has 10 heteroatoms. The monoisotopic (exact) mass is 469 g/mol. The number of alkyl halides is 3. The van der Waals surface area contributed by atoms with Crippen molar-refractivity contribution in [1.82, 2.24) is 20.6 Å². The standard InChI is InChI=1S/C24H22F3N5O2/c25-24(26,27)16-4-1-3-15(9-16)21(33)32-19-10-14(5-8-29-19)18-11-17-20(31-18)23(13-30-22(17)34)6-2-7-28-12-23/h1,3-5,8-11,28,31H,2,6-7,12-13H2,(H,30,34)(H,29,32,33). The second kappa shape index (κ2) is 8.28. The molecule has 1 unspecified atom stereocenters. The maximum absolute atomic E-state index is 13.0. The van der Waals surface area contributed by atoms with Gasteiger partial charge < -0.3 is 20.9 Å².